The third kappa shape index (κ3) is 6.68. The molecule has 0 saturated heterocycles. The van der Waals surface area contributed by atoms with Crippen LogP contribution in [0, 0.1) is 0 Å². The van der Waals surface area contributed by atoms with Gasteiger partial charge in [-0.15, -0.1) is 0 Å². The number of hydrogen-bond acceptors (Lipinski definition) is 4. The molecule has 1 aliphatic carbocycles. The first-order chi connectivity index (χ1) is 9.60. The maximum atomic E-state index is 11.3. The molecule has 0 aliphatic heterocycles. The zero-order chi connectivity index (χ0) is 15.0. The lowest BCUT2D eigenvalue weighted by molar-refractivity contribution is -0.140. The second kappa shape index (κ2) is 9.32. The number of aliphatic carboxylic acids is 1. The summed E-state index contributed by atoms with van der Waals surface area (Å²) in [6.45, 7) is 12.2. The summed E-state index contributed by atoms with van der Waals surface area (Å²) in [7, 11) is 0. The van der Waals surface area contributed by atoms with Crippen molar-refractivity contribution in [3.63, 3.8) is 0 Å². The van der Waals surface area contributed by atoms with Crippen molar-refractivity contribution < 1.29 is 9.90 Å². The predicted octanol–water partition coefficient (Wildman–Crippen LogP) is 1.25. The lowest BCUT2D eigenvalue weighted by atomic mass is 10.2. The second-order valence-electron chi connectivity index (χ2n) is 5.61. The highest BCUT2D eigenvalue weighted by Crippen LogP contribution is 2.19. The molecular weight excluding hydrogens is 254 g/mol. The van der Waals surface area contributed by atoms with Crippen LogP contribution < -0.4 is 5.32 Å². The zero-order valence-corrected chi connectivity index (χ0v) is 13.3. The van der Waals surface area contributed by atoms with Gasteiger partial charge >= 0.3 is 5.97 Å². The largest absolute Gasteiger partial charge is 0.480 e. The van der Waals surface area contributed by atoms with Gasteiger partial charge in [0.2, 0.25) is 0 Å². The van der Waals surface area contributed by atoms with Crippen LogP contribution in [0.15, 0.2) is 0 Å². The number of nitrogens with one attached hydrogen (secondary N) is 1. The molecule has 118 valence electrons. The first-order valence-corrected chi connectivity index (χ1v) is 8.04. The van der Waals surface area contributed by atoms with Crippen molar-refractivity contribution in [1.82, 2.24) is 15.1 Å². The first-order valence-electron chi connectivity index (χ1n) is 8.04. The van der Waals surface area contributed by atoms with Crippen LogP contribution in [0.4, 0.5) is 0 Å². The number of carbonyl (C=O) groups is 1. The van der Waals surface area contributed by atoms with E-state index in [4.69, 9.17) is 0 Å². The van der Waals surface area contributed by atoms with Crippen LogP contribution in [0.25, 0.3) is 0 Å². The van der Waals surface area contributed by atoms with Gasteiger partial charge in [0.15, 0.2) is 0 Å². The molecule has 1 saturated carbocycles. The average Bonchev–Trinajstić information content (AvgIpc) is 3.25. The number of likely N-dealkylation sites (N-methyl/N-ethyl adjacent to an activating group) is 1. The van der Waals surface area contributed by atoms with Crippen molar-refractivity contribution in [2.75, 3.05) is 39.3 Å². The molecule has 0 spiro atoms. The minimum absolute atomic E-state index is 0.420. The van der Waals surface area contributed by atoms with E-state index in [2.05, 4.69) is 35.9 Å². The van der Waals surface area contributed by atoms with Crippen molar-refractivity contribution in [2.45, 2.75) is 52.1 Å². The van der Waals surface area contributed by atoms with Gasteiger partial charge in [0.1, 0.15) is 6.04 Å². The lowest BCUT2D eigenvalue weighted by Crippen LogP contribution is -2.47. The van der Waals surface area contributed by atoms with Gasteiger partial charge in [-0.2, -0.15) is 0 Å². The smallest absolute Gasteiger partial charge is 0.322 e. The standard InChI is InChI=1S/C15H31N3O2/c1-4-17(5-2)10-7-11-18(6-3)12-14(15(19)20)16-13-8-9-13/h13-14,16H,4-12H2,1-3H3,(H,19,20). The summed E-state index contributed by atoms with van der Waals surface area (Å²) in [4.78, 5) is 15.9. The maximum absolute atomic E-state index is 11.3. The van der Waals surface area contributed by atoms with Gasteiger partial charge in [-0.1, -0.05) is 20.8 Å². The molecule has 1 rings (SSSR count). The normalized spacial score (nSPS) is 16.9. The topological polar surface area (TPSA) is 55.8 Å². The molecule has 5 heteroatoms. The van der Waals surface area contributed by atoms with E-state index in [1.54, 1.807) is 0 Å². The van der Waals surface area contributed by atoms with E-state index >= 15 is 0 Å². The molecule has 5 nitrogen and oxygen atoms in total. The van der Waals surface area contributed by atoms with Crippen LogP contribution in [-0.4, -0.2) is 72.2 Å². The first kappa shape index (κ1) is 17.4. The summed E-state index contributed by atoms with van der Waals surface area (Å²) in [6.07, 6.45) is 3.35. The summed E-state index contributed by atoms with van der Waals surface area (Å²) in [5.41, 5.74) is 0. The summed E-state index contributed by atoms with van der Waals surface area (Å²) >= 11 is 0. The number of carboxylic acids is 1. The Morgan fingerprint density at radius 3 is 2.15 bits per heavy atom. The zero-order valence-electron chi connectivity index (χ0n) is 13.3. The van der Waals surface area contributed by atoms with E-state index in [9.17, 15) is 9.90 Å². The lowest BCUT2D eigenvalue weighted by Gasteiger charge is -2.26. The van der Waals surface area contributed by atoms with Crippen molar-refractivity contribution >= 4 is 5.97 Å². The minimum Gasteiger partial charge on any atom is -0.480 e. The van der Waals surface area contributed by atoms with E-state index in [1.165, 1.54) is 0 Å². The highest BCUT2D eigenvalue weighted by Gasteiger charge is 2.29. The molecule has 0 heterocycles. The molecule has 0 aromatic carbocycles. The van der Waals surface area contributed by atoms with Gasteiger partial charge in [-0.3, -0.25) is 4.79 Å². The van der Waals surface area contributed by atoms with E-state index in [1.807, 2.05) is 0 Å². The van der Waals surface area contributed by atoms with Crippen LogP contribution in [0.3, 0.4) is 0 Å². The highest BCUT2D eigenvalue weighted by molar-refractivity contribution is 5.73. The second-order valence-corrected chi connectivity index (χ2v) is 5.61. The minimum atomic E-state index is -0.723. The van der Waals surface area contributed by atoms with Crippen LogP contribution in [-0.2, 0) is 4.79 Å². The Balaban J connectivity index is 2.30. The fourth-order valence-corrected chi connectivity index (χ4v) is 2.43. The SMILES string of the molecule is CCN(CC)CCCN(CC)CC(NC1CC1)C(=O)O. The number of hydrogen-bond donors (Lipinski definition) is 2. The van der Waals surface area contributed by atoms with E-state index in [0.29, 0.717) is 12.6 Å². The van der Waals surface area contributed by atoms with Crippen LogP contribution in [0.5, 0.6) is 0 Å². The van der Waals surface area contributed by atoms with E-state index in [-0.39, 0.29) is 0 Å². The molecule has 1 atom stereocenters. The monoisotopic (exact) mass is 285 g/mol. The maximum Gasteiger partial charge on any atom is 0.322 e. The third-order valence-corrected chi connectivity index (χ3v) is 4.04. The summed E-state index contributed by atoms with van der Waals surface area (Å²) in [5, 5.41) is 12.5. The number of nitrogens with zero attached hydrogens (tertiary/aromatic N) is 2. The summed E-state index contributed by atoms with van der Waals surface area (Å²) in [5.74, 6) is -0.723. The molecule has 0 bridgehead atoms. The number of carboxylic acid groups (broad SMARTS) is 1. The predicted molar refractivity (Wildman–Crippen MR) is 82.1 cm³/mol. The van der Waals surface area contributed by atoms with Gasteiger partial charge in [0.25, 0.3) is 0 Å². The summed E-state index contributed by atoms with van der Waals surface area (Å²) in [6, 6.07) is 0.0152. The average molecular weight is 285 g/mol. The van der Waals surface area contributed by atoms with Gasteiger partial charge < -0.3 is 20.2 Å². The third-order valence-electron chi connectivity index (χ3n) is 4.04. The van der Waals surface area contributed by atoms with Crippen molar-refractivity contribution in [3.8, 4) is 0 Å². The van der Waals surface area contributed by atoms with Gasteiger partial charge in [-0.05, 0) is 52.0 Å². The molecule has 0 aromatic rings. The molecule has 20 heavy (non-hydrogen) atoms. The number of rotatable bonds is 12. The van der Waals surface area contributed by atoms with E-state index in [0.717, 1.165) is 52.0 Å². The van der Waals surface area contributed by atoms with Gasteiger partial charge in [0.05, 0.1) is 0 Å². The van der Waals surface area contributed by atoms with Crippen molar-refractivity contribution in [1.29, 1.82) is 0 Å². The fourth-order valence-electron chi connectivity index (χ4n) is 2.43. The molecule has 0 radical (unpaired) electrons. The van der Waals surface area contributed by atoms with Crippen LogP contribution >= 0.6 is 0 Å². The van der Waals surface area contributed by atoms with E-state index < -0.39 is 12.0 Å². The summed E-state index contributed by atoms with van der Waals surface area (Å²) < 4.78 is 0. The van der Waals surface area contributed by atoms with Gasteiger partial charge in [-0.25, -0.2) is 0 Å². The molecule has 0 aromatic heterocycles. The Kier molecular flexibility index (Phi) is 8.11. The van der Waals surface area contributed by atoms with Crippen molar-refractivity contribution in [3.05, 3.63) is 0 Å². The van der Waals surface area contributed by atoms with Crippen LogP contribution in [0.2, 0.25) is 0 Å². The Hall–Kier alpha value is -0.650. The highest BCUT2D eigenvalue weighted by atomic mass is 16.4. The fraction of sp³-hybridized carbons (Fsp3) is 0.933. The molecule has 0 amide bonds. The molecule has 2 N–H and O–H groups in total. The van der Waals surface area contributed by atoms with Crippen LogP contribution in [0.1, 0.15) is 40.0 Å². The Morgan fingerprint density at radius 1 is 1.15 bits per heavy atom. The quantitative estimate of drug-likeness (QED) is 0.565. The Morgan fingerprint density at radius 2 is 1.70 bits per heavy atom. The van der Waals surface area contributed by atoms with Gasteiger partial charge in [0, 0.05) is 12.6 Å². The Bertz CT molecular complexity index is 278. The molecule has 1 unspecified atom stereocenters. The molecule has 1 aliphatic rings. The molecule has 1 fully saturated rings. The van der Waals surface area contributed by atoms with Crippen molar-refractivity contribution in [2.24, 2.45) is 0 Å². The molecular formula is C15H31N3O2. The Labute approximate surface area is 123 Å².